The molecule has 0 unspecified atom stereocenters. The van der Waals surface area contributed by atoms with Crippen molar-refractivity contribution in [3.8, 4) is 27.4 Å². The molecule has 0 aliphatic carbocycles. The Morgan fingerprint density at radius 1 is 1.27 bits per heavy atom. The Balaban J connectivity index is 2.17. The Hall–Kier alpha value is -2.07. The number of hydrogen-bond donors (Lipinski definition) is 0. The average molecular weight is 312 g/mol. The summed E-state index contributed by atoms with van der Waals surface area (Å²) < 4.78 is 7.66. The maximum atomic E-state index is 5.55. The van der Waals surface area contributed by atoms with E-state index in [1.54, 1.807) is 18.4 Å². The molecule has 0 saturated carbocycles. The number of aryl methyl sites for hydroxylation is 3. The lowest BCUT2D eigenvalue weighted by atomic mass is 10.0. The Morgan fingerprint density at radius 2 is 2.09 bits per heavy atom. The maximum Gasteiger partial charge on any atom is 0.128 e. The summed E-state index contributed by atoms with van der Waals surface area (Å²) in [6.45, 7) is 4.22. The highest BCUT2D eigenvalue weighted by molar-refractivity contribution is 7.15. The van der Waals surface area contributed by atoms with Crippen molar-refractivity contribution in [3.05, 3.63) is 47.2 Å². The van der Waals surface area contributed by atoms with Gasteiger partial charge in [-0.2, -0.15) is 0 Å². The number of aromatic nitrogens is 2. The highest BCUT2D eigenvalue weighted by Gasteiger charge is 2.14. The van der Waals surface area contributed by atoms with Gasteiger partial charge in [0.1, 0.15) is 5.75 Å². The number of nitrogens with zero attached hydrogens (tertiary/aromatic N) is 2. The van der Waals surface area contributed by atoms with Crippen molar-refractivity contribution in [2.45, 2.75) is 20.3 Å². The lowest BCUT2D eigenvalue weighted by Crippen LogP contribution is -1.94. The van der Waals surface area contributed by atoms with Gasteiger partial charge in [-0.15, -0.1) is 11.3 Å². The largest absolute Gasteiger partial charge is 0.496 e. The van der Waals surface area contributed by atoms with Crippen LogP contribution in [0.3, 0.4) is 0 Å². The van der Waals surface area contributed by atoms with Gasteiger partial charge in [-0.05, 0) is 49.2 Å². The van der Waals surface area contributed by atoms with E-state index in [-0.39, 0.29) is 0 Å². The van der Waals surface area contributed by atoms with Gasteiger partial charge in [0.2, 0.25) is 0 Å². The first-order valence-corrected chi connectivity index (χ1v) is 8.22. The second kappa shape index (κ2) is 5.97. The molecular weight excluding hydrogens is 292 g/mol. The van der Waals surface area contributed by atoms with E-state index in [1.165, 1.54) is 16.1 Å². The van der Waals surface area contributed by atoms with Crippen molar-refractivity contribution in [1.29, 1.82) is 0 Å². The second-order valence-corrected chi connectivity index (χ2v) is 6.48. The molecule has 2 aromatic heterocycles. The molecule has 0 aliphatic rings. The molecule has 2 heterocycles. The van der Waals surface area contributed by atoms with Crippen LogP contribution >= 0.6 is 11.3 Å². The molecule has 4 heteroatoms. The number of methoxy groups -OCH3 is 1. The monoisotopic (exact) mass is 312 g/mol. The van der Waals surface area contributed by atoms with Crippen molar-refractivity contribution in [2.75, 3.05) is 7.11 Å². The quantitative estimate of drug-likeness (QED) is 0.698. The van der Waals surface area contributed by atoms with Crippen LogP contribution in [-0.4, -0.2) is 16.7 Å². The van der Waals surface area contributed by atoms with Crippen LogP contribution in [0.4, 0.5) is 0 Å². The molecule has 0 aliphatic heterocycles. The highest BCUT2D eigenvalue weighted by Crippen LogP contribution is 2.37. The Bertz CT molecular complexity index is 801. The van der Waals surface area contributed by atoms with Gasteiger partial charge < -0.3 is 9.30 Å². The minimum Gasteiger partial charge on any atom is -0.496 e. The van der Waals surface area contributed by atoms with E-state index >= 15 is 0 Å². The van der Waals surface area contributed by atoms with Crippen LogP contribution < -0.4 is 4.74 Å². The van der Waals surface area contributed by atoms with Crippen LogP contribution in [0.1, 0.15) is 17.6 Å². The van der Waals surface area contributed by atoms with Crippen LogP contribution in [0.25, 0.3) is 21.7 Å². The van der Waals surface area contributed by atoms with Gasteiger partial charge in [0.05, 0.1) is 28.4 Å². The summed E-state index contributed by atoms with van der Waals surface area (Å²) in [6, 6.07) is 10.5. The van der Waals surface area contributed by atoms with Crippen molar-refractivity contribution >= 4 is 11.3 Å². The number of hydrogen-bond acceptors (Lipinski definition) is 3. The molecular formula is C18H20N2OS. The molecule has 0 saturated heterocycles. The zero-order valence-corrected chi connectivity index (χ0v) is 14.2. The van der Waals surface area contributed by atoms with E-state index in [9.17, 15) is 0 Å². The third-order valence-electron chi connectivity index (χ3n) is 3.82. The van der Waals surface area contributed by atoms with E-state index in [0.717, 1.165) is 28.4 Å². The zero-order valence-electron chi connectivity index (χ0n) is 13.4. The first kappa shape index (κ1) is 14.9. The van der Waals surface area contributed by atoms with Gasteiger partial charge in [-0.1, -0.05) is 6.92 Å². The predicted molar refractivity (Wildman–Crippen MR) is 92.6 cm³/mol. The van der Waals surface area contributed by atoms with Crippen LogP contribution in [0.2, 0.25) is 0 Å². The van der Waals surface area contributed by atoms with E-state index in [4.69, 9.17) is 4.74 Å². The van der Waals surface area contributed by atoms with Crippen molar-refractivity contribution in [1.82, 2.24) is 9.55 Å². The lowest BCUT2D eigenvalue weighted by molar-refractivity contribution is 0.416. The fraction of sp³-hybridized carbons (Fsp3) is 0.278. The van der Waals surface area contributed by atoms with Gasteiger partial charge in [0.25, 0.3) is 0 Å². The Labute approximate surface area is 135 Å². The SMILES string of the molecule is CCc1nc(C)sc1-c1ccc(OC)c(-c2cccn2C)c1. The normalized spacial score (nSPS) is 10.9. The number of thiazole rings is 1. The summed E-state index contributed by atoms with van der Waals surface area (Å²) >= 11 is 1.76. The molecule has 3 nitrogen and oxygen atoms in total. The molecule has 0 N–H and O–H groups in total. The maximum absolute atomic E-state index is 5.55. The summed E-state index contributed by atoms with van der Waals surface area (Å²) in [5, 5.41) is 1.11. The molecule has 0 fully saturated rings. The van der Waals surface area contributed by atoms with Crippen LogP contribution in [0.5, 0.6) is 5.75 Å². The number of rotatable bonds is 4. The zero-order chi connectivity index (χ0) is 15.7. The molecule has 0 radical (unpaired) electrons. The predicted octanol–water partition coefficient (Wildman–Crippen LogP) is 4.70. The minimum atomic E-state index is 0.893. The Kier molecular flexibility index (Phi) is 4.03. The fourth-order valence-electron chi connectivity index (χ4n) is 2.73. The smallest absolute Gasteiger partial charge is 0.128 e. The molecule has 3 aromatic rings. The molecule has 114 valence electrons. The van der Waals surface area contributed by atoms with E-state index in [0.29, 0.717) is 0 Å². The molecule has 0 atom stereocenters. The van der Waals surface area contributed by atoms with E-state index in [1.807, 2.05) is 6.07 Å². The first-order chi connectivity index (χ1) is 10.6. The first-order valence-electron chi connectivity index (χ1n) is 7.40. The topological polar surface area (TPSA) is 27.1 Å². The summed E-state index contributed by atoms with van der Waals surface area (Å²) in [7, 11) is 3.77. The Morgan fingerprint density at radius 3 is 2.73 bits per heavy atom. The van der Waals surface area contributed by atoms with Crippen molar-refractivity contribution in [2.24, 2.45) is 7.05 Å². The summed E-state index contributed by atoms with van der Waals surface area (Å²) in [5.74, 6) is 0.893. The fourth-order valence-corrected chi connectivity index (χ4v) is 3.73. The van der Waals surface area contributed by atoms with Gasteiger partial charge in [-0.3, -0.25) is 0 Å². The highest BCUT2D eigenvalue weighted by atomic mass is 32.1. The standard InChI is InChI=1S/C18H20N2OS/c1-5-15-18(22-12(2)19-15)13-8-9-17(21-4)14(11-13)16-7-6-10-20(16)3/h6-11H,5H2,1-4H3. The number of benzene rings is 1. The molecule has 0 spiro atoms. The molecule has 0 amide bonds. The van der Waals surface area contributed by atoms with E-state index < -0.39 is 0 Å². The van der Waals surface area contributed by atoms with Gasteiger partial charge in [-0.25, -0.2) is 4.98 Å². The minimum absolute atomic E-state index is 0.893. The second-order valence-electron chi connectivity index (χ2n) is 5.28. The summed E-state index contributed by atoms with van der Waals surface area (Å²) in [4.78, 5) is 5.90. The molecule has 3 rings (SSSR count). The van der Waals surface area contributed by atoms with Crippen LogP contribution in [0.15, 0.2) is 36.5 Å². The van der Waals surface area contributed by atoms with Gasteiger partial charge in [0.15, 0.2) is 0 Å². The van der Waals surface area contributed by atoms with Gasteiger partial charge >= 0.3 is 0 Å². The summed E-state index contributed by atoms with van der Waals surface area (Å²) in [6.07, 6.45) is 3.00. The van der Waals surface area contributed by atoms with Crippen molar-refractivity contribution < 1.29 is 4.74 Å². The summed E-state index contributed by atoms with van der Waals surface area (Å²) in [5.41, 5.74) is 4.64. The third kappa shape index (κ3) is 2.55. The number of ether oxygens (including phenoxy) is 1. The lowest BCUT2D eigenvalue weighted by Gasteiger charge is -2.12. The average Bonchev–Trinajstić information content (AvgIpc) is 3.12. The van der Waals surface area contributed by atoms with Gasteiger partial charge in [0, 0.05) is 18.8 Å². The van der Waals surface area contributed by atoms with Crippen LogP contribution in [-0.2, 0) is 13.5 Å². The van der Waals surface area contributed by atoms with E-state index in [2.05, 4.69) is 60.9 Å². The van der Waals surface area contributed by atoms with Crippen molar-refractivity contribution in [3.63, 3.8) is 0 Å². The third-order valence-corrected chi connectivity index (χ3v) is 4.88. The molecule has 1 aromatic carbocycles. The van der Waals surface area contributed by atoms with Crippen LogP contribution in [0, 0.1) is 6.92 Å². The molecule has 0 bridgehead atoms. The molecule has 22 heavy (non-hydrogen) atoms.